The Balaban J connectivity index is 2.73. The van der Waals surface area contributed by atoms with Crippen LogP contribution in [0.4, 0.5) is 11.4 Å². The van der Waals surface area contributed by atoms with Crippen LogP contribution in [-0.2, 0) is 4.79 Å². The highest BCUT2D eigenvalue weighted by Gasteiger charge is 2.12. The fourth-order valence-corrected chi connectivity index (χ4v) is 1.58. The Kier molecular flexibility index (Phi) is 5.82. The molecule has 0 unspecified atom stereocenters. The number of ether oxygens (including phenoxy) is 1. The Labute approximate surface area is 117 Å². The summed E-state index contributed by atoms with van der Waals surface area (Å²) in [6.07, 6.45) is 0. The molecule has 0 spiro atoms. The number of nitrogen functional groups attached to an aromatic ring is 1. The van der Waals surface area contributed by atoms with Crippen molar-refractivity contribution < 1.29 is 9.53 Å². The molecule has 0 saturated carbocycles. The molecule has 0 aliphatic carbocycles. The van der Waals surface area contributed by atoms with Crippen LogP contribution in [0.25, 0.3) is 0 Å². The predicted octanol–water partition coefficient (Wildman–Crippen LogP) is 0.565. The smallest absolute Gasteiger partial charge is 0.238 e. The van der Waals surface area contributed by atoms with Crippen LogP contribution >= 0.6 is 0 Å². The van der Waals surface area contributed by atoms with Gasteiger partial charge in [0.15, 0.2) is 0 Å². The number of hydrogen-bond donors (Lipinski definition) is 2. The second-order valence-electron chi connectivity index (χ2n) is 3.97. The topological polar surface area (TPSA) is 115 Å². The number of nitrogens with one attached hydrogen (secondary N) is 1. The van der Waals surface area contributed by atoms with Crippen LogP contribution in [0.1, 0.15) is 0 Å². The Morgan fingerprint density at radius 2 is 2.05 bits per heavy atom. The van der Waals surface area contributed by atoms with Crippen molar-refractivity contribution in [3.63, 3.8) is 0 Å². The number of carbonyl (C=O) groups is 1. The molecule has 7 heteroatoms. The minimum absolute atomic E-state index is 0.00897. The molecule has 0 radical (unpaired) electrons. The summed E-state index contributed by atoms with van der Waals surface area (Å²) in [5, 5.41) is 19.9. The van der Waals surface area contributed by atoms with Gasteiger partial charge in [0.05, 0.1) is 44.6 Å². The Hall–Kier alpha value is -2.77. The Bertz CT molecular complexity index is 543. The van der Waals surface area contributed by atoms with Gasteiger partial charge in [0.25, 0.3) is 0 Å². The third-order valence-corrected chi connectivity index (χ3v) is 2.45. The van der Waals surface area contributed by atoms with Gasteiger partial charge in [-0.15, -0.1) is 0 Å². The summed E-state index contributed by atoms with van der Waals surface area (Å²) in [5.74, 6) is 0.138. The highest BCUT2D eigenvalue weighted by atomic mass is 16.5. The van der Waals surface area contributed by atoms with Gasteiger partial charge in [-0.25, -0.2) is 0 Å². The summed E-state index contributed by atoms with van der Waals surface area (Å²) < 4.78 is 5.11. The second-order valence-corrected chi connectivity index (χ2v) is 3.97. The van der Waals surface area contributed by atoms with Crippen LogP contribution in [0.3, 0.4) is 0 Å². The van der Waals surface area contributed by atoms with E-state index in [0.29, 0.717) is 17.1 Å². The van der Waals surface area contributed by atoms with Gasteiger partial charge >= 0.3 is 0 Å². The maximum Gasteiger partial charge on any atom is 0.238 e. The molecule has 1 amide bonds. The highest BCUT2D eigenvalue weighted by Crippen LogP contribution is 2.26. The molecule has 0 fully saturated rings. The van der Waals surface area contributed by atoms with Crippen molar-refractivity contribution in [1.82, 2.24) is 4.90 Å². The van der Waals surface area contributed by atoms with Gasteiger partial charge in [0, 0.05) is 5.69 Å². The van der Waals surface area contributed by atoms with E-state index < -0.39 is 0 Å². The third kappa shape index (κ3) is 4.48. The standard InChI is InChI=1S/C13H15N5O2/c1-20-12-3-2-10(16)8-11(12)17-13(19)9-18(6-4-14)7-5-15/h2-3,8H,6-7,9,16H2,1H3,(H,17,19). The average molecular weight is 273 g/mol. The molecule has 0 aromatic heterocycles. The fourth-order valence-electron chi connectivity index (χ4n) is 1.58. The molecule has 7 nitrogen and oxygen atoms in total. The lowest BCUT2D eigenvalue weighted by Gasteiger charge is -2.16. The number of rotatable bonds is 6. The first-order valence-electron chi connectivity index (χ1n) is 5.80. The lowest BCUT2D eigenvalue weighted by molar-refractivity contribution is -0.117. The number of benzene rings is 1. The minimum Gasteiger partial charge on any atom is -0.495 e. The number of hydrogen-bond acceptors (Lipinski definition) is 6. The molecule has 0 saturated heterocycles. The van der Waals surface area contributed by atoms with E-state index in [-0.39, 0.29) is 25.5 Å². The quantitative estimate of drug-likeness (QED) is 0.578. The molecule has 0 bridgehead atoms. The third-order valence-electron chi connectivity index (χ3n) is 2.45. The molecule has 1 aromatic rings. The highest BCUT2D eigenvalue weighted by molar-refractivity contribution is 5.94. The van der Waals surface area contributed by atoms with E-state index in [9.17, 15) is 4.79 Å². The number of amides is 1. The van der Waals surface area contributed by atoms with Gasteiger partial charge in [-0.2, -0.15) is 10.5 Å². The van der Waals surface area contributed by atoms with E-state index in [4.69, 9.17) is 21.0 Å². The molecule has 0 atom stereocenters. The molecule has 0 heterocycles. The normalized spacial score (nSPS) is 9.60. The van der Waals surface area contributed by atoms with Crippen molar-refractivity contribution in [2.45, 2.75) is 0 Å². The van der Waals surface area contributed by atoms with E-state index >= 15 is 0 Å². The molecular weight excluding hydrogens is 258 g/mol. The van der Waals surface area contributed by atoms with Crippen LogP contribution in [-0.4, -0.2) is 37.6 Å². The molecule has 0 aliphatic rings. The van der Waals surface area contributed by atoms with Gasteiger partial charge < -0.3 is 15.8 Å². The molecular formula is C13H15N5O2. The van der Waals surface area contributed by atoms with E-state index in [1.54, 1.807) is 18.2 Å². The summed E-state index contributed by atoms with van der Waals surface area (Å²) in [6.45, 7) is -0.0385. The monoisotopic (exact) mass is 273 g/mol. The number of carbonyl (C=O) groups excluding carboxylic acids is 1. The molecule has 1 aromatic carbocycles. The van der Waals surface area contributed by atoms with E-state index in [2.05, 4.69) is 5.32 Å². The lowest BCUT2D eigenvalue weighted by Crippen LogP contribution is -2.34. The fraction of sp³-hybridized carbons (Fsp3) is 0.308. The van der Waals surface area contributed by atoms with E-state index in [1.165, 1.54) is 12.0 Å². The number of nitrogens with zero attached hydrogens (tertiary/aromatic N) is 3. The number of nitrogens with two attached hydrogens (primary N) is 1. The summed E-state index contributed by atoms with van der Waals surface area (Å²) in [5.41, 5.74) is 6.59. The lowest BCUT2D eigenvalue weighted by atomic mass is 10.2. The van der Waals surface area contributed by atoms with Crippen molar-refractivity contribution in [2.24, 2.45) is 0 Å². The maximum atomic E-state index is 11.9. The zero-order valence-electron chi connectivity index (χ0n) is 11.1. The molecule has 1 rings (SSSR count). The number of nitriles is 2. The second kappa shape index (κ2) is 7.62. The molecule has 3 N–H and O–H groups in total. The predicted molar refractivity (Wildman–Crippen MR) is 73.7 cm³/mol. The minimum atomic E-state index is -0.348. The summed E-state index contributed by atoms with van der Waals surface area (Å²) in [4.78, 5) is 13.3. The van der Waals surface area contributed by atoms with Crippen molar-refractivity contribution in [3.05, 3.63) is 18.2 Å². The van der Waals surface area contributed by atoms with Crippen LogP contribution in [0.15, 0.2) is 18.2 Å². The molecule has 104 valence electrons. The first-order chi connectivity index (χ1) is 9.60. The molecule has 0 aliphatic heterocycles. The van der Waals surface area contributed by atoms with Crippen molar-refractivity contribution in [3.8, 4) is 17.9 Å². The van der Waals surface area contributed by atoms with Gasteiger partial charge in [-0.1, -0.05) is 0 Å². The Morgan fingerprint density at radius 3 is 2.60 bits per heavy atom. The van der Waals surface area contributed by atoms with E-state index in [1.807, 2.05) is 12.1 Å². The Morgan fingerprint density at radius 1 is 1.40 bits per heavy atom. The SMILES string of the molecule is COc1ccc(N)cc1NC(=O)CN(CC#N)CC#N. The maximum absolute atomic E-state index is 11.9. The number of methoxy groups -OCH3 is 1. The largest absolute Gasteiger partial charge is 0.495 e. The molecule has 20 heavy (non-hydrogen) atoms. The van der Waals surface area contributed by atoms with Gasteiger partial charge in [0.1, 0.15) is 5.75 Å². The number of anilines is 2. The van der Waals surface area contributed by atoms with Crippen molar-refractivity contribution in [2.75, 3.05) is 37.8 Å². The van der Waals surface area contributed by atoms with Gasteiger partial charge in [-0.05, 0) is 18.2 Å². The van der Waals surface area contributed by atoms with Gasteiger partial charge in [0.2, 0.25) is 5.91 Å². The summed E-state index contributed by atoms with van der Waals surface area (Å²) >= 11 is 0. The van der Waals surface area contributed by atoms with Crippen LogP contribution in [0, 0.1) is 22.7 Å². The van der Waals surface area contributed by atoms with E-state index in [0.717, 1.165) is 0 Å². The summed E-state index contributed by atoms with van der Waals surface area (Å²) in [6, 6.07) is 8.69. The van der Waals surface area contributed by atoms with Crippen molar-refractivity contribution >= 4 is 17.3 Å². The van der Waals surface area contributed by atoms with Gasteiger partial charge in [-0.3, -0.25) is 9.69 Å². The first-order valence-corrected chi connectivity index (χ1v) is 5.80. The van der Waals surface area contributed by atoms with Crippen LogP contribution in [0.5, 0.6) is 5.75 Å². The van der Waals surface area contributed by atoms with Crippen LogP contribution in [0.2, 0.25) is 0 Å². The zero-order chi connectivity index (χ0) is 15.0. The van der Waals surface area contributed by atoms with Crippen LogP contribution < -0.4 is 15.8 Å². The average Bonchev–Trinajstić information content (AvgIpc) is 2.39. The van der Waals surface area contributed by atoms with Crippen molar-refractivity contribution in [1.29, 1.82) is 10.5 Å². The first kappa shape index (κ1) is 15.3. The zero-order valence-corrected chi connectivity index (χ0v) is 11.1. The summed E-state index contributed by atoms with van der Waals surface area (Å²) in [7, 11) is 1.48.